The van der Waals surface area contributed by atoms with Gasteiger partial charge >= 0.3 is 0 Å². The van der Waals surface area contributed by atoms with Gasteiger partial charge in [-0.25, -0.2) is 0 Å². The Kier molecular flexibility index (Phi) is 6.96. The minimum atomic E-state index is -0.149. The molecule has 152 valence electrons. The zero-order chi connectivity index (χ0) is 20.6. The summed E-state index contributed by atoms with van der Waals surface area (Å²) < 4.78 is 21.4. The Bertz CT molecular complexity index is 954. The fraction of sp³-hybridized carbons (Fsp3) is 0.250. The van der Waals surface area contributed by atoms with Gasteiger partial charge in [0.05, 0.1) is 27.1 Å². The highest BCUT2D eigenvalue weighted by Crippen LogP contribution is 2.30. The van der Waals surface area contributed by atoms with E-state index in [-0.39, 0.29) is 11.7 Å². The Morgan fingerprint density at radius 3 is 2.45 bits per heavy atom. The maximum atomic E-state index is 12.1. The molecule has 0 saturated carbocycles. The third kappa shape index (κ3) is 5.41. The van der Waals surface area contributed by atoms with Crippen molar-refractivity contribution in [3.63, 3.8) is 0 Å². The van der Waals surface area contributed by atoms with Crippen LogP contribution in [0.5, 0.6) is 17.2 Å². The summed E-state index contributed by atoms with van der Waals surface area (Å²) in [5, 5.41) is 11.2. The lowest BCUT2D eigenvalue weighted by atomic mass is 10.2. The number of carbonyl (C=O) groups excluding carboxylic acids is 1. The van der Waals surface area contributed by atoms with Gasteiger partial charge in [-0.2, -0.15) is 0 Å². The first-order valence-electron chi connectivity index (χ1n) is 8.71. The van der Waals surface area contributed by atoms with Crippen LogP contribution in [0.2, 0.25) is 0 Å². The number of nitrogens with zero attached hydrogens (tertiary/aromatic N) is 2. The van der Waals surface area contributed by atoms with Crippen LogP contribution in [0.3, 0.4) is 0 Å². The SMILES string of the molecule is COc1cc(OC)cc(-c2nnc(SCC(=O)NCc3ccccc3OC)o2)c1. The van der Waals surface area contributed by atoms with E-state index in [0.29, 0.717) is 34.7 Å². The minimum absolute atomic E-state index is 0.149. The maximum Gasteiger partial charge on any atom is 0.277 e. The molecule has 1 N–H and O–H groups in total. The Morgan fingerprint density at radius 2 is 1.76 bits per heavy atom. The number of amides is 1. The number of thioether (sulfide) groups is 1. The van der Waals surface area contributed by atoms with Gasteiger partial charge in [-0.05, 0) is 18.2 Å². The lowest BCUT2D eigenvalue weighted by Gasteiger charge is -2.08. The lowest BCUT2D eigenvalue weighted by molar-refractivity contribution is -0.118. The molecule has 2 aromatic carbocycles. The van der Waals surface area contributed by atoms with E-state index in [9.17, 15) is 4.79 Å². The lowest BCUT2D eigenvalue weighted by Crippen LogP contribution is -2.24. The van der Waals surface area contributed by atoms with Gasteiger partial charge in [0.15, 0.2) is 0 Å². The number of aromatic nitrogens is 2. The van der Waals surface area contributed by atoms with Crippen LogP contribution in [0.25, 0.3) is 11.5 Å². The van der Waals surface area contributed by atoms with Gasteiger partial charge in [0.2, 0.25) is 11.8 Å². The molecule has 1 heterocycles. The second kappa shape index (κ2) is 9.83. The number of para-hydroxylation sites is 1. The molecule has 0 aliphatic rings. The molecule has 3 rings (SSSR count). The van der Waals surface area contributed by atoms with Gasteiger partial charge < -0.3 is 23.9 Å². The number of hydrogen-bond acceptors (Lipinski definition) is 8. The summed E-state index contributed by atoms with van der Waals surface area (Å²) in [4.78, 5) is 12.1. The molecule has 0 fully saturated rings. The molecule has 0 aliphatic heterocycles. The largest absolute Gasteiger partial charge is 0.497 e. The molecule has 0 bridgehead atoms. The van der Waals surface area contributed by atoms with Crippen LogP contribution in [0.1, 0.15) is 5.56 Å². The second-order valence-electron chi connectivity index (χ2n) is 5.85. The number of carbonyl (C=O) groups is 1. The zero-order valence-corrected chi connectivity index (χ0v) is 17.1. The predicted molar refractivity (Wildman–Crippen MR) is 108 cm³/mol. The fourth-order valence-electron chi connectivity index (χ4n) is 2.54. The van der Waals surface area contributed by atoms with Crippen molar-refractivity contribution in [3.8, 4) is 28.7 Å². The zero-order valence-electron chi connectivity index (χ0n) is 16.3. The molecule has 1 amide bonds. The summed E-state index contributed by atoms with van der Waals surface area (Å²) in [6.45, 7) is 0.377. The predicted octanol–water partition coefficient (Wildman–Crippen LogP) is 3.17. The number of hydrogen-bond donors (Lipinski definition) is 1. The van der Waals surface area contributed by atoms with Crippen molar-refractivity contribution in [2.45, 2.75) is 11.8 Å². The van der Waals surface area contributed by atoms with Crippen LogP contribution in [0.4, 0.5) is 0 Å². The molecule has 8 nitrogen and oxygen atoms in total. The van der Waals surface area contributed by atoms with E-state index in [1.807, 2.05) is 24.3 Å². The van der Waals surface area contributed by atoms with Crippen molar-refractivity contribution < 1.29 is 23.4 Å². The van der Waals surface area contributed by atoms with E-state index in [2.05, 4.69) is 15.5 Å². The van der Waals surface area contributed by atoms with E-state index in [1.54, 1.807) is 39.5 Å². The second-order valence-corrected chi connectivity index (χ2v) is 6.78. The van der Waals surface area contributed by atoms with Gasteiger partial charge in [-0.1, -0.05) is 30.0 Å². The van der Waals surface area contributed by atoms with Gasteiger partial charge in [0, 0.05) is 23.7 Å². The Balaban J connectivity index is 1.57. The number of rotatable bonds is 9. The number of ether oxygens (including phenoxy) is 3. The molecule has 0 unspecified atom stereocenters. The summed E-state index contributed by atoms with van der Waals surface area (Å²) in [7, 11) is 4.73. The summed E-state index contributed by atoms with van der Waals surface area (Å²) in [6, 6.07) is 12.8. The van der Waals surface area contributed by atoms with Gasteiger partial charge in [0.25, 0.3) is 5.22 Å². The molecule has 29 heavy (non-hydrogen) atoms. The normalized spacial score (nSPS) is 10.4. The van der Waals surface area contributed by atoms with E-state index >= 15 is 0 Å². The average molecular weight is 415 g/mol. The van der Waals surface area contributed by atoms with Crippen LogP contribution < -0.4 is 19.5 Å². The summed E-state index contributed by atoms with van der Waals surface area (Å²) >= 11 is 1.16. The standard InChI is InChI=1S/C20H21N3O5S/c1-25-15-8-14(9-16(10-15)26-2)19-22-23-20(28-19)29-12-18(24)21-11-13-6-4-5-7-17(13)27-3/h4-10H,11-12H2,1-3H3,(H,21,24). The monoisotopic (exact) mass is 415 g/mol. The van der Waals surface area contributed by atoms with Crippen LogP contribution >= 0.6 is 11.8 Å². The van der Waals surface area contributed by atoms with Crippen molar-refractivity contribution >= 4 is 17.7 Å². The Labute approximate surface area is 172 Å². The first-order chi connectivity index (χ1) is 14.1. The molecular formula is C20H21N3O5S. The number of methoxy groups -OCH3 is 3. The highest BCUT2D eigenvalue weighted by Gasteiger charge is 2.14. The highest BCUT2D eigenvalue weighted by molar-refractivity contribution is 7.99. The number of benzene rings is 2. The maximum absolute atomic E-state index is 12.1. The molecule has 9 heteroatoms. The molecule has 0 radical (unpaired) electrons. The van der Waals surface area contributed by atoms with Gasteiger partial charge in [-0.15, -0.1) is 10.2 Å². The highest BCUT2D eigenvalue weighted by atomic mass is 32.2. The van der Waals surface area contributed by atoms with Crippen molar-refractivity contribution in [3.05, 3.63) is 48.0 Å². The molecule has 3 aromatic rings. The summed E-state index contributed by atoms with van der Waals surface area (Å²) in [6.07, 6.45) is 0. The molecule has 0 saturated heterocycles. The quantitative estimate of drug-likeness (QED) is 0.533. The average Bonchev–Trinajstić information content (AvgIpc) is 3.25. The Morgan fingerprint density at radius 1 is 1.03 bits per heavy atom. The van der Waals surface area contributed by atoms with Crippen molar-refractivity contribution in [2.75, 3.05) is 27.1 Å². The first-order valence-corrected chi connectivity index (χ1v) is 9.70. The first kappa shape index (κ1) is 20.5. The van der Waals surface area contributed by atoms with E-state index in [0.717, 1.165) is 23.1 Å². The third-order valence-corrected chi connectivity index (χ3v) is 4.82. The minimum Gasteiger partial charge on any atom is -0.497 e. The molecule has 0 spiro atoms. The fourth-order valence-corrected chi connectivity index (χ4v) is 3.13. The molecule has 0 atom stereocenters. The number of nitrogens with one attached hydrogen (secondary N) is 1. The third-order valence-electron chi connectivity index (χ3n) is 4.00. The topological polar surface area (TPSA) is 95.7 Å². The van der Waals surface area contributed by atoms with Crippen molar-refractivity contribution in [1.29, 1.82) is 0 Å². The summed E-state index contributed by atoms with van der Waals surface area (Å²) in [5.74, 6) is 2.28. The van der Waals surface area contributed by atoms with E-state index in [4.69, 9.17) is 18.6 Å². The van der Waals surface area contributed by atoms with Crippen LogP contribution in [0, 0.1) is 0 Å². The Hall–Kier alpha value is -3.20. The van der Waals surface area contributed by atoms with Crippen molar-refractivity contribution in [2.24, 2.45) is 0 Å². The van der Waals surface area contributed by atoms with Crippen molar-refractivity contribution in [1.82, 2.24) is 15.5 Å². The molecule has 0 aliphatic carbocycles. The molecule has 1 aromatic heterocycles. The van der Waals surface area contributed by atoms with Gasteiger partial charge in [-0.3, -0.25) is 4.79 Å². The van der Waals surface area contributed by atoms with E-state index < -0.39 is 0 Å². The van der Waals surface area contributed by atoms with Crippen LogP contribution in [0.15, 0.2) is 52.1 Å². The van der Waals surface area contributed by atoms with Crippen LogP contribution in [-0.4, -0.2) is 43.2 Å². The van der Waals surface area contributed by atoms with Gasteiger partial charge in [0.1, 0.15) is 17.2 Å². The molecular weight excluding hydrogens is 394 g/mol. The van der Waals surface area contributed by atoms with E-state index in [1.165, 1.54) is 0 Å². The van der Waals surface area contributed by atoms with Crippen LogP contribution in [-0.2, 0) is 11.3 Å². The summed E-state index contributed by atoms with van der Waals surface area (Å²) in [5.41, 5.74) is 1.57. The smallest absolute Gasteiger partial charge is 0.277 e.